The van der Waals surface area contributed by atoms with Gasteiger partial charge in [-0.3, -0.25) is 4.79 Å². The molecule has 0 aliphatic heterocycles. The van der Waals surface area contributed by atoms with Crippen LogP contribution in [0.15, 0.2) is 84.6 Å². The number of ether oxygens (including phenoxy) is 1. The van der Waals surface area contributed by atoms with E-state index in [0.717, 1.165) is 30.0 Å². The maximum atomic E-state index is 13.2. The summed E-state index contributed by atoms with van der Waals surface area (Å²) >= 11 is 0. The van der Waals surface area contributed by atoms with E-state index >= 15 is 0 Å². The van der Waals surface area contributed by atoms with E-state index in [1.165, 1.54) is 11.8 Å². The Morgan fingerprint density at radius 2 is 1.63 bits per heavy atom. The standard InChI is InChI=1S/C26H27NO3/c1-2-30-26(29)24(19-27-18-9-8-13-20-11-4-3-5-12-20)25(28)23-17-10-15-21-14-6-7-16-22(21)23/h3-7,10-12,14-17,19,27H,2,8-9,13,18H2,1H3/b24-19+. The summed E-state index contributed by atoms with van der Waals surface area (Å²) in [6.07, 6.45) is 4.47. The summed E-state index contributed by atoms with van der Waals surface area (Å²) in [7, 11) is 0. The Kier molecular flexibility index (Phi) is 7.78. The van der Waals surface area contributed by atoms with Crippen LogP contribution in [0.4, 0.5) is 0 Å². The molecule has 0 saturated heterocycles. The van der Waals surface area contributed by atoms with Crippen LogP contribution in [0.3, 0.4) is 0 Å². The molecule has 0 unspecified atom stereocenters. The molecule has 0 heterocycles. The first kappa shape index (κ1) is 21.3. The number of carbonyl (C=O) groups is 2. The van der Waals surface area contributed by atoms with Gasteiger partial charge in [0.25, 0.3) is 0 Å². The molecule has 0 atom stereocenters. The van der Waals surface area contributed by atoms with Crippen LogP contribution in [-0.4, -0.2) is 24.9 Å². The van der Waals surface area contributed by atoms with Crippen LogP contribution in [0.1, 0.15) is 35.7 Å². The molecule has 154 valence electrons. The van der Waals surface area contributed by atoms with Gasteiger partial charge in [-0.25, -0.2) is 4.79 Å². The van der Waals surface area contributed by atoms with Crippen molar-refractivity contribution in [1.29, 1.82) is 0 Å². The molecule has 1 N–H and O–H groups in total. The molecule has 0 amide bonds. The van der Waals surface area contributed by atoms with Crippen molar-refractivity contribution in [2.24, 2.45) is 0 Å². The summed E-state index contributed by atoms with van der Waals surface area (Å²) in [4.78, 5) is 25.6. The fourth-order valence-electron chi connectivity index (χ4n) is 3.37. The summed E-state index contributed by atoms with van der Waals surface area (Å²) in [6, 6.07) is 23.5. The second kappa shape index (κ2) is 11.0. The van der Waals surface area contributed by atoms with Crippen LogP contribution >= 0.6 is 0 Å². The van der Waals surface area contributed by atoms with E-state index in [0.29, 0.717) is 12.1 Å². The predicted molar refractivity (Wildman–Crippen MR) is 120 cm³/mol. The largest absolute Gasteiger partial charge is 0.462 e. The average molecular weight is 402 g/mol. The molecule has 4 heteroatoms. The quantitative estimate of drug-likeness (QED) is 0.129. The molecule has 0 spiro atoms. The van der Waals surface area contributed by atoms with Gasteiger partial charge in [0.2, 0.25) is 5.78 Å². The Labute approximate surface area is 177 Å². The maximum absolute atomic E-state index is 13.2. The molecule has 0 saturated carbocycles. The van der Waals surface area contributed by atoms with Crippen LogP contribution in [0, 0.1) is 0 Å². The lowest BCUT2D eigenvalue weighted by Gasteiger charge is -2.10. The number of ketones is 1. The molecule has 30 heavy (non-hydrogen) atoms. The van der Waals surface area contributed by atoms with Crippen molar-refractivity contribution in [1.82, 2.24) is 5.32 Å². The van der Waals surface area contributed by atoms with E-state index in [4.69, 9.17) is 4.74 Å². The average Bonchev–Trinajstić information content (AvgIpc) is 2.78. The number of fused-ring (bicyclic) bond motifs is 1. The molecule has 0 bridgehead atoms. The Hall–Kier alpha value is -3.40. The number of esters is 1. The molecular weight excluding hydrogens is 374 g/mol. The highest BCUT2D eigenvalue weighted by Gasteiger charge is 2.22. The maximum Gasteiger partial charge on any atom is 0.343 e. The zero-order chi connectivity index (χ0) is 21.2. The summed E-state index contributed by atoms with van der Waals surface area (Å²) in [6.45, 7) is 2.63. The van der Waals surface area contributed by atoms with Gasteiger partial charge in [-0.15, -0.1) is 0 Å². The normalized spacial score (nSPS) is 11.3. The topological polar surface area (TPSA) is 55.4 Å². The number of Topliss-reactive ketones (excluding diaryl/α,β-unsaturated/α-hetero) is 1. The van der Waals surface area contributed by atoms with E-state index in [1.807, 2.05) is 54.6 Å². The minimum absolute atomic E-state index is 0.0243. The lowest BCUT2D eigenvalue weighted by Crippen LogP contribution is -2.20. The predicted octanol–water partition coefficient (Wildman–Crippen LogP) is 5.08. The molecule has 0 aliphatic rings. The van der Waals surface area contributed by atoms with Crippen molar-refractivity contribution in [2.45, 2.75) is 26.2 Å². The minimum atomic E-state index is -0.604. The Morgan fingerprint density at radius 3 is 2.43 bits per heavy atom. The van der Waals surface area contributed by atoms with Crippen LogP contribution in [0.25, 0.3) is 10.8 Å². The third-order valence-corrected chi connectivity index (χ3v) is 4.90. The zero-order valence-corrected chi connectivity index (χ0v) is 17.3. The van der Waals surface area contributed by atoms with Crippen molar-refractivity contribution in [3.63, 3.8) is 0 Å². The molecular formula is C26H27NO3. The molecule has 3 aromatic carbocycles. The van der Waals surface area contributed by atoms with Gasteiger partial charge in [-0.05, 0) is 42.5 Å². The van der Waals surface area contributed by atoms with E-state index in [-0.39, 0.29) is 18.0 Å². The molecule has 0 aliphatic carbocycles. The summed E-state index contributed by atoms with van der Waals surface area (Å²) in [5, 5.41) is 4.91. The molecule has 0 radical (unpaired) electrons. The van der Waals surface area contributed by atoms with Crippen molar-refractivity contribution < 1.29 is 14.3 Å². The number of hydrogen-bond acceptors (Lipinski definition) is 4. The number of hydrogen-bond donors (Lipinski definition) is 1. The van der Waals surface area contributed by atoms with Crippen molar-refractivity contribution in [3.05, 3.63) is 95.7 Å². The first-order valence-electron chi connectivity index (χ1n) is 10.4. The third-order valence-electron chi connectivity index (χ3n) is 4.90. The highest BCUT2D eigenvalue weighted by Crippen LogP contribution is 2.21. The van der Waals surface area contributed by atoms with Gasteiger partial charge in [0, 0.05) is 18.3 Å². The molecule has 3 rings (SSSR count). The highest BCUT2D eigenvalue weighted by atomic mass is 16.5. The van der Waals surface area contributed by atoms with E-state index in [2.05, 4.69) is 17.4 Å². The number of carbonyl (C=O) groups excluding carboxylic acids is 2. The summed E-state index contributed by atoms with van der Waals surface area (Å²) in [5.41, 5.74) is 1.83. The van der Waals surface area contributed by atoms with Crippen molar-refractivity contribution in [2.75, 3.05) is 13.2 Å². The van der Waals surface area contributed by atoms with Gasteiger partial charge in [0.1, 0.15) is 5.57 Å². The van der Waals surface area contributed by atoms with Gasteiger partial charge in [-0.2, -0.15) is 0 Å². The number of aryl methyl sites for hydroxylation is 1. The molecule has 0 fully saturated rings. The van der Waals surface area contributed by atoms with Crippen LogP contribution in [0.2, 0.25) is 0 Å². The third kappa shape index (κ3) is 5.57. The van der Waals surface area contributed by atoms with E-state index in [9.17, 15) is 9.59 Å². The Balaban J connectivity index is 1.67. The lowest BCUT2D eigenvalue weighted by atomic mass is 9.97. The minimum Gasteiger partial charge on any atom is -0.462 e. The molecule has 3 aromatic rings. The highest BCUT2D eigenvalue weighted by molar-refractivity contribution is 6.27. The van der Waals surface area contributed by atoms with E-state index < -0.39 is 5.97 Å². The lowest BCUT2D eigenvalue weighted by molar-refractivity contribution is -0.138. The Bertz CT molecular complexity index is 1020. The monoisotopic (exact) mass is 401 g/mol. The van der Waals surface area contributed by atoms with Gasteiger partial charge >= 0.3 is 5.97 Å². The first-order chi connectivity index (χ1) is 14.7. The number of rotatable bonds is 10. The first-order valence-corrected chi connectivity index (χ1v) is 10.4. The molecule has 4 nitrogen and oxygen atoms in total. The SMILES string of the molecule is CCOC(=O)/C(=C/NCCCCc1ccccc1)C(=O)c1cccc2ccccc12. The van der Waals surface area contributed by atoms with Gasteiger partial charge in [0.15, 0.2) is 0 Å². The van der Waals surface area contributed by atoms with Gasteiger partial charge < -0.3 is 10.1 Å². The fourth-order valence-corrected chi connectivity index (χ4v) is 3.37. The van der Waals surface area contributed by atoms with Crippen LogP contribution in [0.5, 0.6) is 0 Å². The second-order valence-electron chi connectivity index (χ2n) is 7.03. The Morgan fingerprint density at radius 1 is 0.900 bits per heavy atom. The second-order valence-corrected chi connectivity index (χ2v) is 7.03. The summed E-state index contributed by atoms with van der Waals surface area (Å²) in [5.74, 6) is -0.936. The van der Waals surface area contributed by atoms with Gasteiger partial charge in [-0.1, -0.05) is 72.8 Å². The molecule has 0 aromatic heterocycles. The van der Waals surface area contributed by atoms with Gasteiger partial charge in [0.05, 0.1) is 6.61 Å². The van der Waals surface area contributed by atoms with Crippen LogP contribution < -0.4 is 5.32 Å². The fraction of sp³-hybridized carbons (Fsp3) is 0.231. The summed E-state index contributed by atoms with van der Waals surface area (Å²) < 4.78 is 5.13. The number of unbranched alkanes of at least 4 members (excludes halogenated alkanes) is 1. The zero-order valence-electron chi connectivity index (χ0n) is 17.3. The smallest absolute Gasteiger partial charge is 0.343 e. The van der Waals surface area contributed by atoms with Crippen molar-refractivity contribution in [3.8, 4) is 0 Å². The van der Waals surface area contributed by atoms with E-state index in [1.54, 1.807) is 13.0 Å². The van der Waals surface area contributed by atoms with Crippen molar-refractivity contribution >= 4 is 22.5 Å². The number of benzene rings is 3. The number of nitrogens with one attached hydrogen (secondary N) is 1. The van der Waals surface area contributed by atoms with Crippen LogP contribution in [-0.2, 0) is 16.0 Å².